The fraction of sp³-hybridized carbons (Fsp3) is 0.350. The van der Waals surface area contributed by atoms with Crippen molar-refractivity contribution in [3.63, 3.8) is 0 Å². The maximum absolute atomic E-state index is 12.6. The summed E-state index contributed by atoms with van der Waals surface area (Å²) in [6.45, 7) is 3.23. The highest BCUT2D eigenvalue weighted by molar-refractivity contribution is 6.31. The summed E-state index contributed by atoms with van der Waals surface area (Å²) in [5.74, 6) is 0.0318. The topological polar surface area (TPSA) is 69.3 Å². The molecule has 3 aromatic rings. The molecule has 6 nitrogen and oxygen atoms in total. The Kier molecular flexibility index (Phi) is 4.85. The van der Waals surface area contributed by atoms with Crippen LogP contribution in [0.25, 0.3) is 21.9 Å². The number of aromatic nitrogens is 2. The Labute approximate surface area is 162 Å². The molecule has 7 heteroatoms. The number of rotatable bonds is 4. The first kappa shape index (κ1) is 17.9. The summed E-state index contributed by atoms with van der Waals surface area (Å²) in [4.78, 5) is 36.5. The van der Waals surface area contributed by atoms with Crippen molar-refractivity contribution in [2.45, 2.75) is 12.8 Å². The van der Waals surface area contributed by atoms with Crippen LogP contribution in [0.15, 0.2) is 30.5 Å². The molecule has 140 valence electrons. The van der Waals surface area contributed by atoms with Crippen LogP contribution in [0, 0.1) is 0 Å². The molecule has 0 bridgehead atoms. The normalized spacial score (nSPS) is 15.6. The van der Waals surface area contributed by atoms with Crippen molar-refractivity contribution in [3.8, 4) is 0 Å². The first-order valence-electron chi connectivity index (χ1n) is 9.08. The molecule has 1 fully saturated rings. The van der Waals surface area contributed by atoms with E-state index < -0.39 is 0 Å². The average Bonchev–Trinajstić information content (AvgIpc) is 3.03. The van der Waals surface area contributed by atoms with Gasteiger partial charge in [-0.25, -0.2) is 4.98 Å². The third-order valence-corrected chi connectivity index (χ3v) is 5.37. The van der Waals surface area contributed by atoms with E-state index in [4.69, 9.17) is 11.6 Å². The molecular formula is C20H21ClN4O2. The zero-order valence-electron chi connectivity index (χ0n) is 15.2. The van der Waals surface area contributed by atoms with Crippen LogP contribution in [-0.2, 0) is 4.79 Å². The van der Waals surface area contributed by atoms with Crippen molar-refractivity contribution < 1.29 is 9.59 Å². The van der Waals surface area contributed by atoms with Crippen LogP contribution in [0.1, 0.15) is 23.2 Å². The number of nitrogens with zero attached hydrogens (tertiary/aromatic N) is 3. The van der Waals surface area contributed by atoms with Gasteiger partial charge in [0.1, 0.15) is 5.65 Å². The Morgan fingerprint density at radius 3 is 2.67 bits per heavy atom. The predicted molar refractivity (Wildman–Crippen MR) is 106 cm³/mol. The monoisotopic (exact) mass is 384 g/mol. The number of piperazine rings is 1. The highest BCUT2D eigenvalue weighted by Gasteiger charge is 2.20. The minimum absolute atomic E-state index is 0.0243. The molecule has 1 aliphatic rings. The second-order valence-electron chi connectivity index (χ2n) is 7.04. The maximum Gasteiger partial charge on any atom is 0.223 e. The van der Waals surface area contributed by atoms with E-state index in [0.717, 1.165) is 48.1 Å². The molecular weight excluding hydrogens is 364 g/mol. The molecule has 0 radical (unpaired) electrons. The Balaban J connectivity index is 1.48. The zero-order chi connectivity index (χ0) is 19.0. The second-order valence-corrected chi connectivity index (χ2v) is 7.48. The van der Waals surface area contributed by atoms with Crippen LogP contribution in [0.3, 0.4) is 0 Å². The number of Topliss-reactive ketones (excluding diaryl/α,β-unsaturated/α-hetero) is 1. The molecule has 0 spiro atoms. The number of amides is 1. The summed E-state index contributed by atoms with van der Waals surface area (Å²) >= 11 is 6.06. The van der Waals surface area contributed by atoms with Crippen LogP contribution in [0.4, 0.5) is 0 Å². The van der Waals surface area contributed by atoms with Crippen molar-refractivity contribution in [2.24, 2.45) is 0 Å². The first-order valence-corrected chi connectivity index (χ1v) is 9.45. The Morgan fingerprint density at radius 1 is 1.11 bits per heavy atom. The Bertz CT molecular complexity index is 1020. The van der Waals surface area contributed by atoms with Gasteiger partial charge in [-0.3, -0.25) is 9.59 Å². The summed E-state index contributed by atoms with van der Waals surface area (Å²) in [6, 6.07) is 7.37. The molecule has 27 heavy (non-hydrogen) atoms. The van der Waals surface area contributed by atoms with E-state index in [-0.39, 0.29) is 24.5 Å². The molecule has 3 heterocycles. The number of aromatic amines is 1. The third kappa shape index (κ3) is 3.68. The highest BCUT2D eigenvalue weighted by Crippen LogP contribution is 2.27. The molecule has 1 aromatic carbocycles. The van der Waals surface area contributed by atoms with Gasteiger partial charge in [-0.1, -0.05) is 11.6 Å². The number of carbonyl (C=O) groups excluding carboxylic acids is 2. The van der Waals surface area contributed by atoms with Gasteiger partial charge in [0.05, 0.1) is 5.02 Å². The third-order valence-electron chi connectivity index (χ3n) is 5.16. The summed E-state index contributed by atoms with van der Waals surface area (Å²) in [6.07, 6.45) is 2.06. The van der Waals surface area contributed by atoms with Gasteiger partial charge in [0, 0.05) is 67.1 Å². The number of nitrogens with one attached hydrogen (secondary N) is 1. The predicted octanol–water partition coefficient (Wildman–Crippen LogP) is 3.11. The number of fused-ring (bicyclic) bond motifs is 3. The van der Waals surface area contributed by atoms with E-state index in [2.05, 4.69) is 21.9 Å². The number of H-pyrrole nitrogens is 1. The second kappa shape index (κ2) is 7.29. The molecule has 0 atom stereocenters. The highest BCUT2D eigenvalue weighted by atomic mass is 35.5. The fourth-order valence-electron chi connectivity index (χ4n) is 3.50. The average molecular weight is 385 g/mol. The first-order chi connectivity index (χ1) is 13.0. The molecule has 0 unspecified atom stereocenters. The van der Waals surface area contributed by atoms with Gasteiger partial charge < -0.3 is 14.8 Å². The molecule has 0 saturated carbocycles. The fourth-order valence-corrected chi connectivity index (χ4v) is 3.66. The van der Waals surface area contributed by atoms with Gasteiger partial charge in [0.25, 0.3) is 0 Å². The van der Waals surface area contributed by atoms with E-state index in [9.17, 15) is 9.59 Å². The van der Waals surface area contributed by atoms with E-state index >= 15 is 0 Å². The van der Waals surface area contributed by atoms with Crippen LogP contribution in [0.2, 0.25) is 5.02 Å². The minimum Gasteiger partial charge on any atom is -0.340 e. The number of hydrogen-bond donors (Lipinski definition) is 1. The smallest absolute Gasteiger partial charge is 0.223 e. The number of hydrogen-bond acceptors (Lipinski definition) is 4. The summed E-state index contributed by atoms with van der Waals surface area (Å²) in [5, 5.41) is 2.36. The number of benzene rings is 1. The van der Waals surface area contributed by atoms with Crippen molar-refractivity contribution in [3.05, 3.63) is 41.0 Å². The summed E-state index contributed by atoms with van der Waals surface area (Å²) in [5.41, 5.74) is 2.25. The van der Waals surface area contributed by atoms with E-state index in [1.54, 1.807) is 12.3 Å². The lowest BCUT2D eigenvalue weighted by Crippen LogP contribution is -2.47. The zero-order valence-corrected chi connectivity index (χ0v) is 15.9. The lowest BCUT2D eigenvalue weighted by atomic mass is 10.0. The molecule has 1 N–H and O–H groups in total. The Morgan fingerprint density at radius 2 is 1.89 bits per heavy atom. The van der Waals surface area contributed by atoms with E-state index in [1.165, 1.54) is 0 Å². The number of likely N-dealkylation sites (N-methyl/N-ethyl adjacent to an activating group) is 1. The molecule has 2 aromatic heterocycles. The number of halogens is 1. The van der Waals surface area contributed by atoms with Crippen LogP contribution in [0.5, 0.6) is 0 Å². The number of carbonyl (C=O) groups is 2. The number of ketones is 1. The summed E-state index contributed by atoms with van der Waals surface area (Å²) in [7, 11) is 2.05. The van der Waals surface area contributed by atoms with Gasteiger partial charge in [0.2, 0.25) is 5.91 Å². The standard InChI is InChI=1S/C20H21ClN4O2/c1-24-6-8-25(9-7-24)19(27)5-4-18(26)13-2-3-17-15(10-13)16-11-14(21)12-22-20(16)23-17/h2-3,10-12H,4-9H2,1H3,(H,22,23). The van der Waals surface area contributed by atoms with Gasteiger partial charge in [-0.15, -0.1) is 0 Å². The maximum atomic E-state index is 12.6. The Hall–Kier alpha value is -2.44. The largest absolute Gasteiger partial charge is 0.340 e. The molecule has 4 rings (SSSR count). The number of pyridine rings is 1. The lowest BCUT2D eigenvalue weighted by molar-refractivity contribution is -0.132. The van der Waals surface area contributed by atoms with Crippen LogP contribution < -0.4 is 0 Å². The SMILES string of the molecule is CN1CCN(C(=O)CCC(=O)c2ccc3[nH]c4ncc(Cl)cc4c3c2)CC1. The quantitative estimate of drug-likeness (QED) is 0.702. The molecule has 1 amide bonds. The van der Waals surface area contributed by atoms with Crippen molar-refractivity contribution in [1.29, 1.82) is 0 Å². The van der Waals surface area contributed by atoms with E-state index in [0.29, 0.717) is 10.6 Å². The molecule has 1 aliphatic heterocycles. The molecule has 0 aliphatic carbocycles. The molecule has 1 saturated heterocycles. The van der Waals surface area contributed by atoms with Gasteiger partial charge in [-0.2, -0.15) is 0 Å². The van der Waals surface area contributed by atoms with Gasteiger partial charge in [-0.05, 0) is 31.3 Å². The van der Waals surface area contributed by atoms with Gasteiger partial charge in [0.15, 0.2) is 5.78 Å². The summed E-state index contributed by atoms with van der Waals surface area (Å²) < 4.78 is 0. The van der Waals surface area contributed by atoms with Crippen molar-refractivity contribution in [2.75, 3.05) is 33.2 Å². The van der Waals surface area contributed by atoms with Crippen LogP contribution >= 0.6 is 11.6 Å². The van der Waals surface area contributed by atoms with Crippen molar-refractivity contribution >= 4 is 45.2 Å². The lowest BCUT2D eigenvalue weighted by Gasteiger charge is -2.32. The van der Waals surface area contributed by atoms with Crippen molar-refractivity contribution in [1.82, 2.24) is 19.8 Å². The van der Waals surface area contributed by atoms with E-state index in [1.807, 2.05) is 23.1 Å². The minimum atomic E-state index is -0.0243. The van der Waals surface area contributed by atoms with Gasteiger partial charge >= 0.3 is 0 Å². The van der Waals surface area contributed by atoms with Crippen LogP contribution in [-0.4, -0.2) is 64.7 Å².